The average Bonchev–Trinajstić information content (AvgIpc) is 3.19. The van der Waals surface area contributed by atoms with Crippen LogP contribution in [-0.4, -0.2) is 30.3 Å². The molecule has 142 valence electrons. The van der Waals surface area contributed by atoms with E-state index in [4.69, 9.17) is 11.6 Å². The van der Waals surface area contributed by atoms with E-state index in [1.807, 2.05) is 0 Å². The Labute approximate surface area is 161 Å². The van der Waals surface area contributed by atoms with Crippen molar-refractivity contribution < 1.29 is 9.59 Å². The SMILES string of the molecule is O=C(CCl)NCC(NC(=O)CC1CCCc2ccccc21)C1CCCC1. The highest BCUT2D eigenvalue weighted by molar-refractivity contribution is 6.27. The number of fused-ring (bicyclic) bond motifs is 1. The molecule has 2 aliphatic carbocycles. The Hall–Kier alpha value is -1.55. The minimum absolute atomic E-state index is 0.0102. The molecule has 5 heteroatoms. The van der Waals surface area contributed by atoms with Crippen molar-refractivity contribution in [2.75, 3.05) is 12.4 Å². The van der Waals surface area contributed by atoms with Crippen LogP contribution in [0.1, 0.15) is 62.0 Å². The third-order valence-electron chi connectivity index (χ3n) is 5.88. The molecule has 2 N–H and O–H groups in total. The average molecular weight is 377 g/mol. The Kier molecular flexibility index (Phi) is 6.95. The molecule has 2 aliphatic rings. The summed E-state index contributed by atoms with van der Waals surface area (Å²) in [6, 6.07) is 8.51. The number of rotatable bonds is 7. The van der Waals surface area contributed by atoms with Gasteiger partial charge in [0, 0.05) is 19.0 Å². The largest absolute Gasteiger partial charge is 0.353 e. The first kappa shape index (κ1) is 19.2. The number of hydrogen-bond donors (Lipinski definition) is 2. The summed E-state index contributed by atoms with van der Waals surface area (Å²) >= 11 is 5.58. The van der Waals surface area contributed by atoms with Crippen molar-refractivity contribution in [1.82, 2.24) is 10.6 Å². The molecular formula is C21H29ClN2O2. The van der Waals surface area contributed by atoms with Gasteiger partial charge in [-0.3, -0.25) is 9.59 Å². The van der Waals surface area contributed by atoms with E-state index in [-0.39, 0.29) is 23.7 Å². The zero-order valence-electron chi connectivity index (χ0n) is 15.3. The predicted molar refractivity (Wildman–Crippen MR) is 104 cm³/mol. The highest BCUT2D eigenvalue weighted by Crippen LogP contribution is 2.34. The first-order valence-corrected chi connectivity index (χ1v) is 10.4. The van der Waals surface area contributed by atoms with E-state index in [9.17, 15) is 9.59 Å². The number of hydrogen-bond acceptors (Lipinski definition) is 2. The van der Waals surface area contributed by atoms with Crippen LogP contribution in [0.15, 0.2) is 24.3 Å². The predicted octanol–water partition coefficient (Wildman–Crippen LogP) is 3.53. The fourth-order valence-electron chi connectivity index (χ4n) is 4.52. The van der Waals surface area contributed by atoms with Crippen molar-refractivity contribution >= 4 is 23.4 Å². The minimum Gasteiger partial charge on any atom is -0.353 e. The molecule has 0 bridgehead atoms. The molecule has 2 amide bonds. The van der Waals surface area contributed by atoms with Gasteiger partial charge in [-0.05, 0) is 55.1 Å². The third-order valence-corrected chi connectivity index (χ3v) is 6.12. The third kappa shape index (κ3) is 5.00. The Bertz CT molecular complexity index is 628. The zero-order chi connectivity index (χ0) is 18.4. The van der Waals surface area contributed by atoms with Crippen LogP contribution in [0.3, 0.4) is 0 Å². The summed E-state index contributed by atoms with van der Waals surface area (Å²) in [5.74, 6) is 0.646. The van der Waals surface area contributed by atoms with Gasteiger partial charge in [-0.15, -0.1) is 11.6 Å². The van der Waals surface area contributed by atoms with Crippen molar-refractivity contribution in [2.24, 2.45) is 5.92 Å². The van der Waals surface area contributed by atoms with Gasteiger partial charge in [-0.2, -0.15) is 0 Å². The summed E-state index contributed by atoms with van der Waals surface area (Å²) in [6.07, 6.45) is 8.51. The van der Waals surface area contributed by atoms with Crippen LogP contribution in [0.5, 0.6) is 0 Å². The second-order valence-electron chi connectivity index (χ2n) is 7.65. The lowest BCUT2D eigenvalue weighted by Crippen LogP contribution is -2.48. The monoisotopic (exact) mass is 376 g/mol. The van der Waals surface area contributed by atoms with Crippen LogP contribution >= 0.6 is 11.6 Å². The van der Waals surface area contributed by atoms with Crippen LogP contribution in [0, 0.1) is 5.92 Å². The van der Waals surface area contributed by atoms with Crippen molar-refractivity contribution in [3.8, 4) is 0 Å². The van der Waals surface area contributed by atoms with Crippen molar-refractivity contribution in [3.05, 3.63) is 35.4 Å². The van der Waals surface area contributed by atoms with Gasteiger partial charge in [0.15, 0.2) is 0 Å². The van der Waals surface area contributed by atoms with Gasteiger partial charge >= 0.3 is 0 Å². The van der Waals surface area contributed by atoms with Crippen LogP contribution in [0.4, 0.5) is 0 Å². The number of aryl methyl sites for hydroxylation is 1. The first-order valence-electron chi connectivity index (χ1n) is 9.87. The van der Waals surface area contributed by atoms with Gasteiger partial charge in [-0.25, -0.2) is 0 Å². The fourth-order valence-corrected chi connectivity index (χ4v) is 4.62. The zero-order valence-corrected chi connectivity index (χ0v) is 16.1. The maximum Gasteiger partial charge on any atom is 0.234 e. The highest BCUT2D eigenvalue weighted by Gasteiger charge is 2.28. The number of nitrogens with one attached hydrogen (secondary N) is 2. The molecule has 0 spiro atoms. The molecule has 0 aliphatic heterocycles. The Morgan fingerprint density at radius 3 is 2.62 bits per heavy atom. The second-order valence-corrected chi connectivity index (χ2v) is 7.92. The molecule has 1 saturated carbocycles. The van der Waals surface area contributed by atoms with Crippen LogP contribution < -0.4 is 10.6 Å². The van der Waals surface area contributed by atoms with Gasteiger partial charge < -0.3 is 10.6 Å². The number of benzene rings is 1. The fraction of sp³-hybridized carbons (Fsp3) is 0.619. The van der Waals surface area contributed by atoms with Gasteiger partial charge in [-0.1, -0.05) is 37.1 Å². The van der Waals surface area contributed by atoms with E-state index >= 15 is 0 Å². The molecule has 3 rings (SSSR count). The number of carbonyl (C=O) groups excluding carboxylic acids is 2. The number of carbonyl (C=O) groups is 2. The topological polar surface area (TPSA) is 58.2 Å². The summed E-state index contributed by atoms with van der Waals surface area (Å²) < 4.78 is 0. The Morgan fingerprint density at radius 2 is 1.85 bits per heavy atom. The first-order chi connectivity index (χ1) is 12.7. The van der Waals surface area contributed by atoms with E-state index in [0.29, 0.717) is 24.8 Å². The van der Waals surface area contributed by atoms with Gasteiger partial charge in [0.2, 0.25) is 11.8 Å². The van der Waals surface area contributed by atoms with E-state index < -0.39 is 0 Å². The quantitative estimate of drug-likeness (QED) is 0.715. The summed E-state index contributed by atoms with van der Waals surface area (Å²) in [4.78, 5) is 24.3. The van der Waals surface area contributed by atoms with E-state index in [1.165, 1.54) is 24.0 Å². The number of halogens is 1. The molecule has 26 heavy (non-hydrogen) atoms. The van der Waals surface area contributed by atoms with Crippen molar-refractivity contribution in [1.29, 1.82) is 0 Å². The Balaban J connectivity index is 1.59. The lowest BCUT2D eigenvalue weighted by atomic mass is 9.81. The molecule has 2 atom stereocenters. The van der Waals surface area contributed by atoms with Crippen LogP contribution in [0.25, 0.3) is 0 Å². The Morgan fingerprint density at radius 1 is 1.08 bits per heavy atom. The normalized spacial score (nSPS) is 21.0. The maximum atomic E-state index is 12.8. The molecule has 0 radical (unpaired) electrons. The second kappa shape index (κ2) is 9.40. The summed E-state index contributed by atoms with van der Waals surface area (Å²) in [7, 11) is 0. The summed E-state index contributed by atoms with van der Waals surface area (Å²) in [6.45, 7) is 0.475. The number of amides is 2. The van der Waals surface area contributed by atoms with Crippen LogP contribution in [-0.2, 0) is 16.0 Å². The van der Waals surface area contributed by atoms with E-state index in [2.05, 4.69) is 34.9 Å². The highest BCUT2D eigenvalue weighted by atomic mass is 35.5. The molecule has 1 aromatic rings. The van der Waals surface area contributed by atoms with Gasteiger partial charge in [0.1, 0.15) is 5.88 Å². The smallest absolute Gasteiger partial charge is 0.234 e. The molecule has 4 nitrogen and oxygen atoms in total. The molecule has 0 aromatic heterocycles. The lowest BCUT2D eigenvalue weighted by molar-refractivity contribution is -0.123. The van der Waals surface area contributed by atoms with Gasteiger partial charge in [0.25, 0.3) is 0 Å². The van der Waals surface area contributed by atoms with Crippen LogP contribution in [0.2, 0.25) is 0 Å². The molecule has 0 saturated heterocycles. The summed E-state index contributed by atoms with van der Waals surface area (Å²) in [5, 5.41) is 6.07. The van der Waals surface area contributed by atoms with Gasteiger partial charge in [0.05, 0.1) is 0 Å². The standard InChI is InChI=1S/C21H29ClN2O2/c22-13-21(26)23-14-19(16-7-1-2-8-16)24-20(25)12-17-10-5-9-15-6-3-4-11-18(15)17/h3-4,6,11,16-17,19H,1-2,5,7-10,12-14H2,(H,23,26)(H,24,25). The van der Waals surface area contributed by atoms with E-state index in [0.717, 1.165) is 32.1 Å². The van der Waals surface area contributed by atoms with Crippen molar-refractivity contribution in [3.63, 3.8) is 0 Å². The minimum atomic E-state index is -0.176. The van der Waals surface area contributed by atoms with E-state index in [1.54, 1.807) is 0 Å². The molecule has 2 unspecified atom stereocenters. The molecule has 0 heterocycles. The van der Waals surface area contributed by atoms with Crippen molar-refractivity contribution in [2.45, 2.75) is 63.3 Å². The molecule has 1 fully saturated rings. The maximum absolute atomic E-state index is 12.8. The molecular weight excluding hydrogens is 348 g/mol. The lowest BCUT2D eigenvalue weighted by Gasteiger charge is -2.28. The molecule has 1 aromatic carbocycles. The summed E-state index contributed by atoms with van der Waals surface area (Å²) in [5.41, 5.74) is 2.72. The number of alkyl halides is 1.